The molecular weight excluding hydrogens is 551 g/mol. The SMILES string of the molecule is CCCNC(=O)C(Cc1ccccc1)N(Cc1cccc(Cl)c1)C(=O)COc1ccc(Cl)cc1Br. The number of carbonyl (C=O) groups excluding carboxylic acids is 2. The average Bonchev–Trinajstić information content (AvgIpc) is 2.84. The van der Waals surface area contributed by atoms with E-state index in [4.69, 9.17) is 27.9 Å². The first kappa shape index (κ1) is 27.1. The van der Waals surface area contributed by atoms with Crippen molar-refractivity contribution in [3.63, 3.8) is 0 Å². The van der Waals surface area contributed by atoms with Gasteiger partial charge in [-0.05, 0) is 63.8 Å². The van der Waals surface area contributed by atoms with E-state index in [0.717, 1.165) is 17.5 Å². The molecule has 3 aromatic carbocycles. The van der Waals surface area contributed by atoms with Crippen molar-refractivity contribution in [1.29, 1.82) is 0 Å². The van der Waals surface area contributed by atoms with Gasteiger partial charge in [0, 0.05) is 29.6 Å². The highest BCUT2D eigenvalue weighted by atomic mass is 79.9. The van der Waals surface area contributed by atoms with E-state index in [1.807, 2.05) is 49.4 Å². The summed E-state index contributed by atoms with van der Waals surface area (Å²) in [5.41, 5.74) is 1.77. The third-order valence-electron chi connectivity index (χ3n) is 5.31. The van der Waals surface area contributed by atoms with Gasteiger partial charge in [-0.2, -0.15) is 0 Å². The summed E-state index contributed by atoms with van der Waals surface area (Å²) in [6.45, 7) is 2.48. The molecule has 1 N–H and O–H groups in total. The van der Waals surface area contributed by atoms with Crippen molar-refractivity contribution in [2.24, 2.45) is 0 Å². The van der Waals surface area contributed by atoms with Gasteiger partial charge in [-0.3, -0.25) is 9.59 Å². The molecule has 0 saturated heterocycles. The van der Waals surface area contributed by atoms with Crippen molar-refractivity contribution in [2.75, 3.05) is 13.2 Å². The van der Waals surface area contributed by atoms with E-state index in [2.05, 4.69) is 21.2 Å². The normalized spacial score (nSPS) is 11.5. The molecule has 0 radical (unpaired) electrons. The molecular formula is C27H27BrCl2N2O3. The largest absolute Gasteiger partial charge is 0.483 e. The number of carbonyl (C=O) groups is 2. The number of rotatable bonds is 11. The lowest BCUT2D eigenvalue weighted by Crippen LogP contribution is -2.51. The molecule has 5 nitrogen and oxygen atoms in total. The molecule has 35 heavy (non-hydrogen) atoms. The number of amides is 2. The Balaban J connectivity index is 1.90. The van der Waals surface area contributed by atoms with Crippen LogP contribution in [0.3, 0.4) is 0 Å². The van der Waals surface area contributed by atoms with Gasteiger partial charge in [-0.25, -0.2) is 0 Å². The van der Waals surface area contributed by atoms with E-state index in [-0.39, 0.29) is 25.0 Å². The van der Waals surface area contributed by atoms with Crippen LogP contribution >= 0.6 is 39.1 Å². The summed E-state index contributed by atoms with van der Waals surface area (Å²) in [5, 5.41) is 4.06. The van der Waals surface area contributed by atoms with E-state index in [9.17, 15) is 9.59 Å². The van der Waals surface area contributed by atoms with Crippen molar-refractivity contribution in [3.05, 3.63) is 98.4 Å². The first-order valence-corrected chi connectivity index (χ1v) is 12.9. The maximum absolute atomic E-state index is 13.5. The van der Waals surface area contributed by atoms with Gasteiger partial charge in [0.2, 0.25) is 5.91 Å². The summed E-state index contributed by atoms with van der Waals surface area (Å²) >= 11 is 15.6. The molecule has 184 valence electrons. The fourth-order valence-electron chi connectivity index (χ4n) is 3.57. The standard InChI is InChI=1S/C27H27BrCl2N2O3/c1-2-13-31-27(34)24(15-19-7-4-3-5-8-19)32(17-20-9-6-10-21(29)14-20)26(33)18-35-25-12-11-22(30)16-23(25)28/h3-12,14,16,24H,2,13,15,17-18H2,1H3,(H,31,34). The maximum atomic E-state index is 13.5. The summed E-state index contributed by atoms with van der Waals surface area (Å²) in [7, 11) is 0. The highest BCUT2D eigenvalue weighted by Gasteiger charge is 2.30. The first-order chi connectivity index (χ1) is 16.9. The van der Waals surface area contributed by atoms with Crippen molar-refractivity contribution in [1.82, 2.24) is 10.2 Å². The molecule has 2 amide bonds. The van der Waals surface area contributed by atoms with Crippen molar-refractivity contribution in [2.45, 2.75) is 32.4 Å². The van der Waals surface area contributed by atoms with E-state index < -0.39 is 6.04 Å². The van der Waals surface area contributed by atoms with Gasteiger partial charge < -0.3 is 15.0 Å². The van der Waals surface area contributed by atoms with Crippen LogP contribution in [-0.4, -0.2) is 35.9 Å². The van der Waals surface area contributed by atoms with Gasteiger partial charge in [0.1, 0.15) is 11.8 Å². The lowest BCUT2D eigenvalue weighted by molar-refractivity contribution is -0.142. The topological polar surface area (TPSA) is 58.6 Å². The van der Waals surface area contributed by atoms with Crippen LogP contribution in [0.25, 0.3) is 0 Å². The number of halogens is 3. The van der Waals surface area contributed by atoms with Gasteiger partial charge in [-0.15, -0.1) is 0 Å². The average molecular weight is 578 g/mol. The predicted octanol–water partition coefficient (Wildman–Crippen LogP) is 6.30. The smallest absolute Gasteiger partial charge is 0.261 e. The molecule has 0 bridgehead atoms. The molecule has 1 unspecified atom stereocenters. The third kappa shape index (κ3) is 8.27. The Bertz CT molecular complexity index is 1140. The summed E-state index contributed by atoms with van der Waals surface area (Å²) in [6, 6.07) is 21.3. The zero-order valence-corrected chi connectivity index (χ0v) is 22.4. The molecule has 0 aliphatic carbocycles. The number of benzene rings is 3. The van der Waals surface area contributed by atoms with Crippen LogP contribution in [0.15, 0.2) is 77.3 Å². The van der Waals surface area contributed by atoms with Gasteiger partial charge in [-0.1, -0.05) is 72.6 Å². The van der Waals surface area contributed by atoms with Crippen LogP contribution in [0.1, 0.15) is 24.5 Å². The second-order valence-electron chi connectivity index (χ2n) is 8.01. The van der Waals surface area contributed by atoms with Crippen molar-refractivity contribution in [3.8, 4) is 5.75 Å². The maximum Gasteiger partial charge on any atom is 0.261 e. The van der Waals surface area contributed by atoms with E-state index in [0.29, 0.717) is 33.2 Å². The van der Waals surface area contributed by atoms with Crippen LogP contribution in [-0.2, 0) is 22.6 Å². The lowest BCUT2D eigenvalue weighted by atomic mass is 10.0. The Hall–Kier alpha value is -2.54. The van der Waals surface area contributed by atoms with E-state index in [1.54, 1.807) is 35.2 Å². The predicted molar refractivity (Wildman–Crippen MR) is 144 cm³/mol. The quantitative estimate of drug-likeness (QED) is 0.291. The Morgan fingerprint density at radius 1 is 0.971 bits per heavy atom. The minimum Gasteiger partial charge on any atom is -0.483 e. The number of hydrogen-bond acceptors (Lipinski definition) is 3. The molecule has 0 aliphatic heterocycles. The Morgan fingerprint density at radius 3 is 2.37 bits per heavy atom. The van der Waals surface area contributed by atoms with Crippen LogP contribution in [0.4, 0.5) is 0 Å². The Labute approximate surface area is 224 Å². The summed E-state index contributed by atoms with van der Waals surface area (Å²) < 4.78 is 6.44. The van der Waals surface area contributed by atoms with Crippen LogP contribution < -0.4 is 10.1 Å². The highest BCUT2D eigenvalue weighted by molar-refractivity contribution is 9.10. The molecule has 0 spiro atoms. The minimum atomic E-state index is -0.729. The molecule has 0 saturated carbocycles. The third-order valence-corrected chi connectivity index (χ3v) is 6.40. The van der Waals surface area contributed by atoms with Crippen molar-refractivity contribution < 1.29 is 14.3 Å². The van der Waals surface area contributed by atoms with Gasteiger partial charge in [0.05, 0.1) is 4.47 Å². The van der Waals surface area contributed by atoms with Gasteiger partial charge in [0.25, 0.3) is 5.91 Å². The van der Waals surface area contributed by atoms with Crippen LogP contribution in [0.5, 0.6) is 5.75 Å². The second-order valence-corrected chi connectivity index (χ2v) is 9.74. The van der Waals surface area contributed by atoms with E-state index in [1.165, 1.54) is 0 Å². The highest BCUT2D eigenvalue weighted by Crippen LogP contribution is 2.28. The fraction of sp³-hybridized carbons (Fsp3) is 0.259. The lowest BCUT2D eigenvalue weighted by Gasteiger charge is -2.31. The number of ether oxygens (including phenoxy) is 1. The van der Waals surface area contributed by atoms with E-state index >= 15 is 0 Å². The Kier molecular flexibility index (Phi) is 10.5. The monoisotopic (exact) mass is 576 g/mol. The molecule has 0 heterocycles. The van der Waals surface area contributed by atoms with Crippen LogP contribution in [0, 0.1) is 0 Å². The van der Waals surface area contributed by atoms with Crippen molar-refractivity contribution >= 4 is 50.9 Å². The number of hydrogen-bond donors (Lipinski definition) is 1. The molecule has 3 rings (SSSR count). The zero-order valence-electron chi connectivity index (χ0n) is 19.3. The van der Waals surface area contributed by atoms with Gasteiger partial charge >= 0.3 is 0 Å². The summed E-state index contributed by atoms with van der Waals surface area (Å²) in [6.07, 6.45) is 1.16. The zero-order chi connectivity index (χ0) is 25.2. The number of nitrogens with one attached hydrogen (secondary N) is 1. The summed E-state index contributed by atoms with van der Waals surface area (Å²) in [5.74, 6) is -0.0429. The fourth-order valence-corrected chi connectivity index (χ4v) is 4.58. The first-order valence-electron chi connectivity index (χ1n) is 11.3. The Morgan fingerprint density at radius 2 is 1.69 bits per heavy atom. The molecule has 0 aliphatic rings. The van der Waals surface area contributed by atoms with Crippen LogP contribution in [0.2, 0.25) is 10.0 Å². The second kappa shape index (κ2) is 13.5. The molecule has 1 atom stereocenters. The molecule has 0 aromatic heterocycles. The molecule has 8 heteroatoms. The molecule has 3 aromatic rings. The number of nitrogens with zero attached hydrogens (tertiary/aromatic N) is 1. The summed E-state index contributed by atoms with van der Waals surface area (Å²) in [4.78, 5) is 28.4. The minimum absolute atomic E-state index is 0.209. The van der Waals surface area contributed by atoms with Gasteiger partial charge in [0.15, 0.2) is 6.61 Å². The molecule has 0 fully saturated rings.